The maximum Gasteiger partial charge on any atom is 0.227 e. The Morgan fingerprint density at radius 1 is 1.56 bits per heavy atom. The molecule has 1 aliphatic carbocycles. The molecule has 16 heavy (non-hydrogen) atoms. The summed E-state index contributed by atoms with van der Waals surface area (Å²) in [6, 6.07) is 3.76. The third-order valence-corrected chi connectivity index (χ3v) is 2.69. The van der Waals surface area contributed by atoms with Crippen molar-refractivity contribution in [1.29, 1.82) is 0 Å². The highest BCUT2D eigenvalue weighted by Crippen LogP contribution is 2.16. The minimum atomic E-state index is -0.0916. The Bertz CT molecular complexity index is 409. The van der Waals surface area contributed by atoms with Crippen LogP contribution in [0.4, 0.5) is 0 Å². The van der Waals surface area contributed by atoms with E-state index in [1.54, 1.807) is 0 Å². The van der Waals surface area contributed by atoms with Gasteiger partial charge in [-0.2, -0.15) is 0 Å². The molecule has 2 atom stereocenters. The van der Waals surface area contributed by atoms with Crippen LogP contribution >= 0.6 is 0 Å². The van der Waals surface area contributed by atoms with Gasteiger partial charge in [0.1, 0.15) is 11.5 Å². The standard InChI is InChI=1S/C12H16N2O2/c1-8-2-5-11(16-8)7-14-12(15)9-3-4-10(13)6-9/h2-5,9-10H,6-7,13H2,1H3,(H,14,15). The molecule has 4 nitrogen and oxygen atoms in total. The first-order valence-corrected chi connectivity index (χ1v) is 5.42. The topological polar surface area (TPSA) is 68.3 Å². The van der Waals surface area contributed by atoms with Crippen LogP contribution in [-0.2, 0) is 11.3 Å². The van der Waals surface area contributed by atoms with Gasteiger partial charge in [0, 0.05) is 6.04 Å². The minimum absolute atomic E-state index is 0.0123. The first-order valence-electron chi connectivity index (χ1n) is 5.42. The van der Waals surface area contributed by atoms with E-state index in [0.29, 0.717) is 13.0 Å². The van der Waals surface area contributed by atoms with Crippen molar-refractivity contribution < 1.29 is 9.21 Å². The predicted octanol–water partition coefficient (Wildman–Crippen LogP) is 1.11. The highest BCUT2D eigenvalue weighted by Gasteiger charge is 2.22. The molecule has 4 heteroatoms. The molecule has 0 spiro atoms. The summed E-state index contributed by atoms with van der Waals surface area (Å²) < 4.78 is 5.36. The maximum atomic E-state index is 11.7. The number of carbonyl (C=O) groups is 1. The van der Waals surface area contributed by atoms with E-state index in [9.17, 15) is 4.79 Å². The van der Waals surface area contributed by atoms with Crippen LogP contribution in [-0.4, -0.2) is 11.9 Å². The van der Waals surface area contributed by atoms with Crippen molar-refractivity contribution in [3.63, 3.8) is 0 Å². The normalized spacial score (nSPS) is 23.6. The molecule has 0 radical (unpaired) electrons. The molecule has 0 saturated carbocycles. The lowest BCUT2D eigenvalue weighted by Gasteiger charge is -2.09. The number of amides is 1. The Hall–Kier alpha value is -1.55. The summed E-state index contributed by atoms with van der Waals surface area (Å²) in [7, 11) is 0. The zero-order valence-corrected chi connectivity index (χ0v) is 9.27. The highest BCUT2D eigenvalue weighted by atomic mass is 16.3. The van der Waals surface area contributed by atoms with Gasteiger partial charge < -0.3 is 15.5 Å². The summed E-state index contributed by atoms with van der Waals surface area (Å²) in [4.78, 5) is 11.7. The van der Waals surface area contributed by atoms with Crippen molar-refractivity contribution in [2.45, 2.75) is 25.9 Å². The van der Waals surface area contributed by atoms with Crippen molar-refractivity contribution in [3.05, 3.63) is 35.8 Å². The largest absolute Gasteiger partial charge is 0.465 e. The number of hydrogen-bond donors (Lipinski definition) is 2. The average molecular weight is 220 g/mol. The van der Waals surface area contributed by atoms with Gasteiger partial charge in [0.2, 0.25) is 5.91 Å². The van der Waals surface area contributed by atoms with E-state index in [2.05, 4.69) is 5.32 Å². The molecule has 86 valence electrons. The summed E-state index contributed by atoms with van der Waals surface area (Å²) >= 11 is 0. The van der Waals surface area contributed by atoms with Gasteiger partial charge in [-0.15, -0.1) is 0 Å². The lowest BCUT2D eigenvalue weighted by Crippen LogP contribution is -2.30. The van der Waals surface area contributed by atoms with Crippen LogP contribution in [0.3, 0.4) is 0 Å². The van der Waals surface area contributed by atoms with E-state index in [4.69, 9.17) is 10.2 Å². The molecule has 3 N–H and O–H groups in total. The molecular weight excluding hydrogens is 204 g/mol. The van der Waals surface area contributed by atoms with E-state index < -0.39 is 0 Å². The minimum Gasteiger partial charge on any atom is -0.465 e. The Morgan fingerprint density at radius 3 is 2.94 bits per heavy atom. The quantitative estimate of drug-likeness (QED) is 0.750. The van der Waals surface area contributed by atoms with Crippen molar-refractivity contribution in [2.75, 3.05) is 0 Å². The molecule has 0 aliphatic heterocycles. The highest BCUT2D eigenvalue weighted by molar-refractivity contribution is 5.80. The zero-order valence-electron chi connectivity index (χ0n) is 9.27. The van der Waals surface area contributed by atoms with Gasteiger partial charge in [0.25, 0.3) is 0 Å². The van der Waals surface area contributed by atoms with Gasteiger partial charge in [-0.1, -0.05) is 12.2 Å². The number of hydrogen-bond acceptors (Lipinski definition) is 3. The van der Waals surface area contributed by atoms with E-state index in [1.165, 1.54) is 0 Å². The van der Waals surface area contributed by atoms with Crippen LogP contribution in [0, 0.1) is 12.8 Å². The molecule has 0 fully saturated rings. The SMILES string of the molecule is Cc1ccc(CNC(=O)C2C=CC(N)C2)o1. The lowest BCUT2D eigenvalue weighted by atomic mass is 10.1. The Morgan fingerprint density at radius 2 is 2.38 bits per heavy atom. The van der Waals surface area contributed by atoms with Gasteiger partial charge in [-0.3, -0.25) is 4.79 Å². The third-order valence-electron chi connectivity index (χ3n) is 2.69. The van der Waals surface area contributed by atoms with E-state index >= 15 is 0 Å². The monoisotopic (exact) mass is 220 g/mol. The summed E-state index contributed by atoms with van der Waals surface area (Å²) in [5.41, 5.74) is 5.69. The van der Waals surface area contributed by atoms with Crippen molar-refractivity contribution in [2.24, 2.45) is 11.7 Å². The Kier molecular flexibility index (Phi) is 3.10. The molecule has 0 aromatic carbocycles. The second-order valence-corrected chi connectivity index (χ2v) is 4.12. The lowest BCUT2D eigenvalue weighted by molar-refractivity contribution is -0.123. The Labute approximate surface area is 94.5 Å². The van der Waals surface area contributed by atoms with Crippen LogP contribution < -0.4 is 11.1 Å². The van der Waals surface area contributed by atoms with Crippen LogP contribution in [0.25, 0.3) is 0 Å². The molecule has 1 aliphatic rings. The summed E-state index contributed by atoms with van der Waals surface area (Å²) in [6.45, 7) is 2.32. The predicted molar refractivity (Wildman–Crippen MR) is 60.5 cm³/mol. The fourth-order valence-electron chi connectivity index (χ4n) is 1.81. The Balaban J connectivity index is 1.82. The number of carbonyl (C=O) groups excluding carboxylic acids is 1. The molecule has 1 amide bonds. The fraction of sp³-hybridized carbons (Fsp3) is 0.417. The van der Waals surface area contributed by atoms with Gasteiger partial charge >= 0.3 is 0 Å². The molecule has 1 aromatic heterocycles. The fourth-order valence-corrected chi connectivity index (χ4v) is 1.81. The maximum absolute atomic E-state index is 11.7. The summed E-state index contributed by atoms with van der Waals surface area (Å²) in [5, 5.41) is 2.84. The molecular formula is C12H16N2O2. The van der Waals surface area contributed by atoms with Crippen LogP contribution in [0.2, 0.25) is 0 Å². The summed E-state index contributed by atoms with van der Waals surface area (Å²) in [5.74, 6) is 1.55. The molecule has 1 aromatic rings. The van der Waals surface area contributed by atoms with Crippen molar-refractivity contribution in [1.82, 2.24) is 5.32 Å². The second-order valence-electron chi connectivity index (χ2n) is 4.12. The van der Waals surface area contributed by atoms with Gasteiger partial charge in [0.05, 0.1) is 12.5 Å². The molecule has 0 bridgehead atoms. The number of nitrogens with one attached hydrogen (secondary N) is 1. The van der Waals surface area contributed by atoms with E-state index in [1.807, 2.05) is 31.2 Å². The molecule has 2 unspecified atom stereocenters. The number of aryl methyl sites for hydroxylation is 1. The smallest absolute Gasteiger partial charge is 0.227 e. The number of furan rings is 1. The van der Waals surface area contributed by atoms with Gasteiger partial charge in [-0.25, -0.2) is 0 Å². The van der Waals surface area contributed by atoms with Crippen LogP contribution in [0.5, 0.6) is 0 Å². The molecule has 0 saturated heterocycles. The van der Waals surface area contributed by atoms with Crippen LogP contribution in [0.1, 0.15) is 17.9 Å². The van der Waals surface area contributed by atoms with Gasteiger partial charge in [-0.05, 0) is 25.5 Å². The van der Waals surface area contributed by atoms with Crippen molar-refractivity contribution in [3.8, 4) is 0 Å². The van der Waals surface area contributed by atoms with Crippen LogP contribution in [0.15, 0.2) is 28.7 Å². The third kappa shape index (κ3) is 2.52. The van der Waals surface area contributed by atoms with E-state index in [0.717, 1.165) is 11.5 Å². The summed E-state index contributed by atoms with van der Waals surface area (Å²) in [6.07, 6.45) is 4.44. The van der Waals surface area contributed by atoms with Crippen molar-refractivity contribution >= 4 is 5.91 Å². The van der Waals surface area contributed by atoms with E-state index in [-0.39, 0.29) is 17.9 Å². The second kappa shape index (κ2) is 4.53. The average Bonchev–Trinajstić information content (AvgIpc) is 2.84. The molecule has 2 rings (SSSR count). The number of rotatable bonds is 3. The number of nitrogens with two attached hydrogens (primary N) is 1. The molecule has 1 heterocycles. The zero-order chi connectivity index (χ0) is 11.5. The first-order chi connectivity index (χ1) is 7.65. The van der Waals surface area contributed by atoms with Gasteiger partial charge in [0.15, 0.2) is 0 Å². The first kappa shape index (κ1) is 11.0.